The molecule has 0 aliphatic carbocycles. The number of thiol groups is 1. The molecular formula is C7H12Na2O3S. The molecule has 0 aromatic heterocycles. The third-order valence-corrected chi connectivity index (χ3v) is 1.66. The molecule has 0 fully saturated rings. The number of carboxylic acid groups (broad SMARTS) is 1. The second-order valence-electron chi connectivity index (χ2n) is 2.07. The first-order valence-corrected chi connectivity index (χ1v) is 3.61. The van der Waals surface area contributed by atoms with Crippen LogP contribution in [-0.2, 0) is 9.59 Å². The summed E-state index contributed by atoms with van der Waals surface area (Å²) in [5.74, 6) is -1.07. The molecule has 3 nitrogen and oxygen atoms in total. The molecule has 0 rings (SSSR count). The van der Waals surface area contributed by atoms with Crippen molar-refractivity contribution in [3.8, 4) is 0 Å². The molecular weight excluding hydrogens is 210 g/mol. The number of carbonyl (C=O) groups is 2. The maximum absolute atomic E-state index is 10.7. The van der Waals surface area contributed by atoms with E-state index in [-0.39, 0.29) is 73.1 Å². The molecule has 0 aromatic rings. The molecule has 0 amide bonds. The van der Waals surface area contributed by atoms with Gasteiger partial charge >= 0.3 is 65.1 Å². The fourth-order valence-electron chi connectivity index (χ4n) is 0.706. The van der Waals surface area contributed by atoms with Crippen molar-refractivity contribution in [2.75, 3.05) is 0 Å². The fraction of sp³-hybridized carbons (Fsp3) is 0.429. The predicted molar refractivity (Wildman–Crippen MR) is 46.8 cm³/mol. The average Bonchev–Trinajstić information content (AvgIpc) is 1.88. The van der Waals surface area contributed by atoms with Gasteiger partial charge in [-0.2, -0.15) is 0 Å². The van der Waals surface area contributed by atoms with Gasteiger partial charge in [0, 0.05) is 11.1 Å². The molecule has 0 aliphatic rings. The first kappa shape index (κ1) is 19.7. The molecule has 0 aliphatic heterocycles. The Kier molecular flexibility index (Phi) is 14.8. The number of hydrogen-bond acceptors (Lipinski definition) is 2. The second kappa shape index (κ2) is 9.77. The van der Waals surface area contributed by atoms with Gasteiger partial charge in [0.1, 0.15) is 0 Å². The van der Waals surface area contributed by atoms with E-state index in [4.69, 9.17) is 5.11 Å². The molecule has 0 saturated carbocycles. The molecule has 1 N–H and O–H groups in total. The zero-order valence-corrected chi connectivity index (χ0v) is 13.3. The van der Waals surface area contributed by atoms with Crippen LogP contribution in [0, 0.1) is 0 Å². The summed E-state index contributed by atoms with van der Waals surface area (Å²) in [6, 6.07) is 0. The van der Waals surface area contributed by atoms with Crippen molar-refractivity contribution in [3.63, 3.8) is 0 Å². The van der Waals surface area contributed by atoms with Gasteiger partial charge in [-0.05, 0) is 13.3 Å². The Bertz CT molecular complexity index is 234. The minimum atomic E-state index is -1.07. The van der Waals surface area contributed by atoms with Gasteiger partial charge in [0.05, 0.1) is 0 Å². The van der Waals surface area contributed by atoms with E-state index >= 15 is 0 Å². The Morgan fingerprint density at radius 2 is 1.77 bits per heavy atom. The maximum Gasteiger partial charge on any atom is 1.00 e. The fourth-order valence-corrected chi connectivity index (χ4v) is 1.03. The van der Waals surface area contributed by atoms with E-state index in [9.17, 15) is 9.59 Å². The van der Waals surface area contributed by atoms with Crippen LogP contribution < -0.4 is 59.1 Å². The summed E-state index contributed by atoms with van der Waals surface area (Å²) in [5.41, 5.74) is 0.341. The van der Waals surface area contributed by atoms with E-state index in [1.807, 2.05) is 0 Å². The van der Waals surface area contributed by atoms with Crippen molar-refractivity contribution >= 4 is 23.7 Å². The summed E-state index contributed by atoms with van der Waals surface area (Å²) in [7, 11) is 0. The van der Waals surface area contributed by atoms with Crippen molar-refractivity contribution in [2.24, 2.45) is 0 Å². The van der Waals surface area contributed by atoms with Gasteiger partial charge in [-0.15, -0.1) is 12.6 Å². The molecule has 13 heavy (non-hydrogen) atoms. The van der Waals surface area contributed by atoms with Gasteiger partial charge in [-0.3, -0.25) is 4.79 Å². The SMILES string of the molecule is CC/C(C(=O)S)=C(\C)C(=O)O.[H-].[H-].[Na+].[Na+]. The second-order valence-corrected chi connectivity index (χ2v) is 2.47. The van der Waals surface area contributed by atoms with Crippen LogP contribution in [0.2, 0.25) is 0 Å². The van der Waals surface area contributed by atoms with Gasteiger partial charge < -0.3 is 7.96 Å². The van der Waals surface area contributed by atoms with E-state index < -0.39 is 11.1 Å². The van der Waals surface area contributed by atoms with Gasteiger partial charge in [0.25, 0.3) is 0 Å². The number of hydrogen-bond donors (Lipinski definition) is 2. The van der Waals surface area contributed by atoms with Crippen LogP contribution in [0.4, 0.5) is 0 Å². The van der Waals surface area contributed by atoms with E-state index in [1.54, 1.807) is 6.92 Å². The molecule has 0 radical (unpaired) electrons. The van der Waals surface area contributed by atoms with Crippen LogP contribution in [0.25, 0.3) is 0 Å². The smallest absolute Gasteiger partial charge is 1.00 e. The van der Waals surface area contributed by atoms with Gasteiger partial charge in [-0.1, -0.05) is 6.92 Å². The Hall–Kier alpha value is 1.23. The van der Waals surface area contributed by atoms with Crippen molar-refractivity contribution in [1.82, 2.24) is 0 Å². The third-order valence-electron chi connectivity index (χ3n) is 1.39. The van der Waals surface area contributed by atoms with E-state index in [0.29, 0.717) is 6.42 Å². The Labute approximate surface area is 130 Å². The number of carbonyl (C=O) groups excluding carboxylic acids is 1. The zero-order valence-electron chi connectivity index (χ0n) is 10.4. The monoisotopic (exact) mass is 222 g/mol. The first-order chi connectivity index (χ1) is 5.00. The summed E-state index contributed by atoms with van der Waals surface area (Å²) in [6.07, 6.45) is 0.403. The van der Waals surface area contributed by atoms with Crippen molar-refractivity contribution in [3.05, 3.63) is 11.1 Å². The molecule has 0 saturated heterocycles. The van der Waals surface area contributed by atoms with Crippen molar-refractivity contribution in [2.45, 2.75) is 20.3 Å². The summed E-state index contributed by atoms with van der Waals surface area (Å²) in [4.78, 5) is 21.0. The van der Waals surface area contributed by atoms with Gasteiger partial charge in [0.2, 0.25) is 5.12 Å². The van der Waals surface area contributed by atoms with Crippen molar-refractivity contribution in [1.29, 1.82) is 0 Å². The number of rotatable bonds is 3. The molecule has 0 spiro atoms. The van der Waals surface area contributed by atoms with E-state index in [1.165, 1.54) is 6.92 Å². The van der Waals surface area contributed by atoms with Crippen LogP contribution in [0.5, 0.6) is 0 Å². The maximum atomic E-state index is 10.7. The predicted octanol–water partition coefficient (Wildman–Crippen LogP) is -4.51. The number of aliphatic carboxylic acids is 1. The topological polar surface area (TPSA) is 54.4 Å². The summed E-state index contributed by atoms with van der Waals surface area (Å²) in [5, 5.41) is 8.02. The van der Waals surface area contributed by atoms with Crippen molar-refractivity contribution < 1.29 is 76.7 Å². The average molecular weight is 222 g/mol. The normalized spacial score (nSPS) is 10.4. The van der Waals surface area contributed by atoms with E-state index in [2.05, 4.69) is 12.6 Å². The molecule has 0 heterocycles. The Morgan fingerprint density at radius 1 is 1.38 bits per heavy atom. The molecule has 0 atom stereocenters. The molecule has 0 unspecified atom stereocenters. The largest absolute Gasteiger partial charge is 1.00 e. The summed E-state index contributed by atoms with van der Waals surface area (Å²) >= 11 is 3.55. The summed E-state index contributed by atoms with van der Waals surface area (Å²) in [6.45, 7) is 3.12. The first-order valence-electron chi connectivity index (χ1n) is 3.17. The minimum Gasteiger partial charge on any atom is -1.00 e. The van der Waals surface area contributed by atoms with Crippen LogP contribution in [-0.4, -0.2) is 16.2 Å². The van der Waals surface area contributed by atoms with Crippen LogP contribution in [0.1, 0.15) is 23.1 Å². The van der Waals surface area contributed by atoms with Gasteiger partial charge in [0.15, 0.2) is 0 Å². The van der Waals surface area contributed by atoms with Crippen LogP contribution >= 0.6 is 12.6 Å². The Balaban J connectivity index is -0.0000000833. The summed E-state index contributed by atoms with van der Waals surface area (Å²) < 4.78 is 0. The van der Waals surface area contributed by atoms with Crippen LogP contribution in [0.15, 0.2) is 11.1 Å². The third kappa shape index (κ3) is 7.19. The standard InChI is InChI=1S/C7H10O3S.2Na.2H/c1-3-5(7(10)11)4(2)6(8)9;;;;/h3H2,1-2H3,(H,8,9)(H,10,11);;;;/q;2*+1;2*-1/b5-4-;;;;. The minimum absolute atomic E-state index is 0. The van der Waals surface area contributed by atoms with Gasteiger partial charge in [-0.25, -0.2) is 4.79 Å². The molecule has 66 valence electrons. The molecule has 0 aromatic carbocycles. The van der Waals surface area contributed by atoms with E-state index in [0.717, 1.165) is 0 Å². The molecule has 0 bridgehead atoms. The zero-order chi connectivity index (χ0) is 9.02. The number of carboxylic acids is 1. The van der Waals surface area contributed by atoms with Crippen LogP contribution in [0.3, 0.4) is 0 Å². The Morgan fingerprint density at radius 3 is 1.85 bits per heavy atom. The quantitative estimate of drug-likeness (QED) is 0.287. The molecule has 6 heteroatoms.